The highest BCUT2D eigenvalue weighted by Crippen LogP contribution is 2.26. The number of carbonyl (C=O) groups is 2. The number of thioether (sulfide) groups is 1. The fourth-order valence-electron chi connectivity index (χ4n) is 1.61. The Hall–Kier alpha value is -1.79. The second-order valence-corrected chi connectivity index (χ2v) is 6.10. The summed E-state index contributed by atoms with van der Waals surface area (Å²) in [6, 6.07) is 11.2. The third kappa shape index (κ3) is 4.40. The van der Waals surface area contributed by atoms with Crippen LogP contribution in [-0.2, 0) is 16.0 Å². The number of para-hydroxylation sites is 1. The fourth-order valence-corrected chi connectivity index (χ4v) is 3.06. The van der Waals surface area contributed by atoms with E-state index in [4.69, 9.17) is 5.73 Å². The molecule has 0 saturated heterocycles. The summed E-state index contributed by atoms with van der Waals surface area (Å²) >= 11 is 2.87. The van der Waals surface area contributed by atoms with Gasteiger partial charge in [-0.25, -0.2) is 0 Å². The molecule has 104 valence electrons. The molecule has 0 bridgehead atoms. The standard InChI is InChI=1S/C14H14N2O2S2/c15-13(17)9-20-12-6-2-1-5-11(12)16-14(18)8-10-4-3-7-19-10/h1-7H,8-9H2,(H2,15,17)(H,16,18). The van der Waals surface area contributed by atoms with Crippen molar-refractivity contribution in [2.45, 2.75) is 11.3 Å². The number of nitrogens with one attached hydrogen (secondary N) is 1. The number of hydrogen-bond donors (Lipinski definition) is 2. The molecule has 0 aliphatic rings. The maximum Gasteiger partial charge on any atom is 0.229 e. The summed E-state index contributed by atoms with van der Waals surface area (Å²) in [6.45, 7) is 0. The SMILES string of the molecule is NC(=O)CSc1ccccc1NC(=O)Cc1cccs1. The number of benzene rings is 1. The minimum Gasteiger partial charge on any atom is -0.369 e. The first kappa shape index (κ1) is 14.6. The monoisotopic (exact) mass is 306 g/mol. The molecule has 0 aliphatic carbocycles. The van der Waals surface area contributed by atoms with Crippen LogP contribution in [0.1, 0.15) is 4.88 Å². The maximum atomic E-state index is 12.0. The third-order valence-electron chi connectivity index (χ3n) is 2.45. The Morgan fingerprint density at radius 2 is 2.00 bits per heavy atom. The summed E-state index contributed by atoms with van der Waals surface area (Å²) in [5.74, 6) is -0.257. The molecule has 6 heteroatoms. The van der Waals surface area contributed by atoms with Gasteiger partial charge in [0.2, 0.25) is 11.8 Å². The van der Waals surface area contributed by atoms with Crippen molar-refractivity contribution in [1.29, 1.82) is 0 Å². The van der Waals surface area contributed by atoms with E-state index >= 15 is 0 Å². The van der Waals surface area contributed by atoms with Gasteiger partial charge in [0.05, 0.1) is 17.9 Å². The van der Waals surface area contributed by atoms with Crippen molar-refractivity contribution < 1.29 is 9.59 Å². The molecule has 1 aromatic carbocycles. The summed E-state index contributed by atoms with van der Waals surface area (Å²) in [5, 5.41) is 4.81. The Bertz CT molecular complexity index is 597. The van der Waals surface area contributed by atoms with Crippen LogP contribution in [-0.4, -0.2) is 17.6 Å². The van der Waals surface area contributed by atoms with E-state index in [-0.39, 0.29) is 17.6 Å². The Balaban J connectivity index is 2.01. The number of thiophene rings is 1. The van der Waals surface area contributed by atoms with Crippen molar-refractivity contribution in [2.75, 3.05) is 11.1 Å². The van der Waals surface area contributed by atoms with Crippen LogP contribution in [0.3, 0.4) is 0 Å². The number of hydrogen-bond acceptors (Lipinski definition) is 4. The third-order valence-corrected chi connectivity index (χ3v) is 4.42. The normalized spacial score (nSPS) is 10.2. The van der Waals surface area contributed by atoms with Gasteiger partial charge in [0.1, 0.15) is 0 Å². The molecule has 0 saturated carbocycles. The molecule has 2 aromatic rings. The van der Waals surface area contributed by atoms with E-state index in [1.54, 1.807) is 11.3 Å². The maximum absolute atomic E-state index is 12.0. The van der Waals surface area contributed by atoms with Crippen molar-refractivity contribution in [2.24, 2.45) is 5.73 Å². The molecule has 20 heavy (non-hydrogen) atoms. The molecule has 0 aliphatic heterocycles. The first-order valence-electron chi connectivity index (χ1n) is 5.97. The lowest BCUT2D eigenvalue weighted by atomic mass is 10.3. The lowest BCUT2D eigenvalue weighted by Crippen LogP contribution is -2.15. The number of amides is 2. The van der Waals surface area contributed by atoms with E-state index < -0.39 is 0 Å². The van der Waals surface area contributed by atoms with Crippen molar-refractivity contribution in [3.63, 3.8) is 0 Å². The van der Waals surface area contributed by atoms with Gasteiger partial charge in [-0.05, 0) is 23.6 Å². The van der Waals surface area contributed by atoms with Gasteiger partial charge in [-0.1, -0.05) is 18.2 Å². The Kier molecular flexibility index (Phi) is 5.20. The second kappa shape index (κ2) is 7.12. The summed E-state index contributed by atoms with van der Waals surface area (Å²) < 4.78 is 0. The van der Waals surface area contributed by atoms with Gasteiger partial charge in [0.15, 0.2) is 0 Å². The van der Waals surface area contributed by atoms with Gasteiger partial charge >= 0.3 is 0 Å². The molecule has 0 spiro atoms. The molecule has 0 fully saturated rings. The van der Waals surface area contributed by atoms with Crippen molar-refractivity contribution >= 4 is 40.6 Å². The average Bonchev–Trinajstić information content (AvgIpc) is 2.90. The fraction of sp³-hybridized carbons (Fsp3) is 0.143. The number of rotatable bonds is 6. The highest BCUT2D eigenvalue weighted by atomic mass is 32.2. The molecular formula is C14H14N2O2S2. The van der Waals surface area contributed by atoms with Crippen LogP contribution in [0, 0.1) is 0 Å². The number of carbonyl (C=O) groups excluding carboxylic acids is 2. The minimum absolute atomic E-state index is 0.0698. The van der Waals surface area contributed by atoms with E-state index in [0.29, 0.717) is 12.1 Å². The topological polar surface area (TPSA) is 72.2 Å². The summed E-state index contributed by atoms with van der Waals surface area (Å²) in [4.78, 5) is 24.7. The van der Waals surface area contributed by atoms with E-state index in [1.807, 2.05) is 41.8 Å². The van der Waals surface area contributed by atoms with Crippen LogP contribution in [0.25, 0.3) is 0 Å². The molecule has 0 radical (unpaired) electrons. The van der Waals surface area contributed by atoms with E-state index in [9.17, 15) is 9.59 Å². The zero-order valence-electron chi connectivity index (χ0n) is 10.7. The smallest absolute Gasteiger partial charge is 0.229 e. The zero-order valence-corrected chi connectivity index (χ0v) is 12.3. The van der Waals surface area contributed by atoms with E-state index in [1.165, 1.54) is 11.8 Å². The molecule has 0 unspecified atom stereocenters. The lowest BCUT2D eigenvalue weighted by Gasteiger charge is -2.09. The zero-order chi connectivity index (χ0) is 14.4. The number of nitrogens with two attached hydrogens (primary N) is 1. The van der Waals surface area contributed by atoms with Gasteiger partial charge in [-0.2, -0.15) is 0 Å². The highest BCUT2D eigenvalue weighted by molar-refractivity contribution is 8.00. The molecule has 3 N–H and O–H groups in total. The summed E-state index contributed by atoms with van der Waals surface area (Å²) in [6.07, 6.45) is 0.354. The van der Waals surface area contributed by atoms with Gasteiger partial charge in [-0.15, -0.1) is 23.1 Å². The van der Waals surface area contributed by atoms with Gasteiger partial charge in [0, 0.05) is 9.77 Å². The van der Waals surface area contributed by atoms with Crippen molar-refractivity contribution in [1.82, 2.24) is 0 Å². The van der Waals surface area contributed by atoms with Crippen LogP contribution >= 0.6 is 23.1 Å². The summed E-state index contributed by atoms with van der Waals surface area (Å²) in [5.41, 5.74) is 5.84. The lowest BCUT2D eigenvalue weighted by molar-refractivity contribution is -0.116. The van der Waals surface area contributed by atoms with Gasteiger partial charge in [0.25, 0.3) is 0 Å². The largest absolute Gasteiger partial charge is 0.369 e. The average molecular weight is 306 g/mol. The Morgan fingerprint density at radius 3 is 2.70 bits per heavy atom. The highest BCUT2D eigenvalue weighted by Gasteiger charge is 2.09. The Morgan fingerprint density at radius 1 is 1.20 bits per heavy atom. The Labute approximate surface area is 125 Å². The minimum atomic E-state index is -0.380. The summed E-state index contributed by atoms with van der Waals surface area (Å²) in [7, 11) is 0. The molecule has 2 amide bonds. The molecule has 2 rings (SSSR count). The molecule has 1 heterocycles. The number of primary amides is 1. The predicted octanol–water partition coefficient (Wildman–Crippen LogP) is 2.51. The molecular weight excluding hydrogens is 292 g/mol. The quantitative estimate of drug-likeness (QED) is 0.805. The van der Waals surface area contributed by atoms with E-state index in [0.717, 1.165) is 9.77 Å². The molecule has 4 nitrogen and oxygen atoms in total. The van der Waals surface area contributed by atoms with Crippen LogP contribution in [0.4, 0.5) is 5.69 Å². The van der Waals surface area contributed by atoms with Crippen LogP contribution in [0.5, 0.6) is 0 Å². The molecule has 0 atom stereocenters. The first-order chi connectivity index (χ1) is 9.65. The van der Waals surface area contributed by atoms with Crippen LogP contribution in [0.2, 0.25) is 0 Å². The predicted molar refractivity (Wildman–Crippen MR) is 83.0 cm³/mol. The number of anilines is 1. The first-order valence-corrected chi connectivity index (χ1v) is 7.84. The second-order valence-electron chi connectivity index (χ2n) is 4.06. The van der Waals surface area contributed by atoms with E-state index in [2.05, 4.69) is 5.32 Å². The van der Waals surface area contributed by atoms with Crippen molar-refractivity contribution in [3.8, 4) is 0 Å². The van der Waals surface area contributed by atoms with Crippen molar-refractivity contribution in [3.05, 3.63) is 46.7 Å². The van der Waals surface area contributed by atoms with Crippen LogP contribution in [0.15, 0.2) is 46.7 Å². The van der Waals surface area contributed by atoms with Crippen LogP contribution < -0.4 is 11.1 Å². The van der Waals surface area contributed by atoms with Gasteiger partial charge in [-0.3, -0.25) is 9.59 Å². The molecule has 1 aromatic heterocycles. The van der Waals surface area contributed by atoms with Gasteiger partial charge < -0.3 is 11.1 Å².